The Bertz CT molecular complexity index is 6030. The van der Waals surface area contributed by atoms with Crippen molar-refractivity contribution in [3.63, 3.8) is 0 Å². The van der Waals surface area contributed by atoms with Gasteiger partial charge in [-0.25, -0.2) is 181 Å². The monoisotopic (exact) mass is 2030 g/mol. The van der Waals surface area contributed by atoms with E-state index >= 15 is 140 Å². The van der Waals surface area contributed by atoms with Crippen molar-refractivity contribution < 1.29 is 220 Å². The molecule has 734 valence electrons. The molecule has 0 radical (unpaired) electrons. The van der Waals surface area contributed by atoms with Gasteiger partial charge in [0.2, 0.25) is 23.3 Å². The minimum absolute atomic E-state index is 0.0213. The topological polar surface area (TPSA) is 18.5 Å². The summed E-state index contributed by atoms with van der Waals surface area (Å²) in [5, 5.41) is 0. The molecule has 11 rings (SSSR count). The molecule has 0 aromatic heterocycles. The molecule has 0 N–H and O–H groups in total. The second-order valence-corrected chi connectivity index (χ2v) is 28.9. The van der Waals surface area contributed by atoms with Crippen LogP contribution < -0.4 is 54.6 Å². The van der Waals surface area contributed by atoms with Gasteiger partial charge in [-0.3, -0.25) is 0 Å². The van der Waals surface area contributed by atoms with Crippen LogP contribution in [-0.4, -0.2) is 39.4 Å². The maximum Gasteiger partial charge on any atom is 0.306 e. The Morgan fingerprint density at radius 3 is 0.638 bits per heavy atom. The quantitative estimate of drug-likeness (QED) is 0.0341. The fourth-order valence-corrected chi connectivity index (χ4v) is 15.3. The summed E-state index contributed by atoms with van der Waals surface area (Å²) in [6.07, 6.45) is -28.4. The maximum absolute atomic E-state index is 16.2. The molecule has 1 saturated heterocycles. The van der Waals surface area contributed by atoms with Crippen LogP contribution in [-0.2, 0) is 16.1 Å². The highest BCUT2D eigenvalue weighted by Crippen LogP contribution is 2.42. The first-order valence-corrected chi connectivity index (χ1v) is 36.8. The molecule has 53 heteroatoms. The lowest BCUT2D eigenvalue weighted by Crippen LogP contribution is -2.81. The van der Waals surface area contributed by atoms with E-state index in [1.165, 1.54) is 0 Å². The zero-order valence-electron chi connectivity index (χ0n) is 66.9. The second kappa shape index (κ2) is 40.7. The normalized spacial score (nSPS) is 12.4. The van der Waals surface area contributed by atoms with Gasteiger partial charge in [0.05, 0.1) is 76.5 Å². The fraction of sp³-hybridized carbons (Fsp3) is 0.0824. The van der Waals surface area contributed by atoms with E-state index < -0.39 is 382 Å². The average Bonchev–Trinajstić information content (AvgIpc) is 0.678. The Hall–Kier alpha value is -13.4. The van der Waals surface area contributed by atoms with Gasteiger partial charge in [0.25, 0.3) is 0 Å². The lowest BCUT2D eigenvalue weighted by atomic mass is 9.12. The van der Waals surface area contributed by atoms with Crippen LogP contribution in [0.3, 0.4) is 0 Å². The standard InChI is InChI=1S/C32BF28.C32H12BF16.C21H22BF4O2/c34-9-1(17(42)29(54)55)10(35)22(47)5(21(9)46)33(6-23(48)11(36)2(12(37)24(6)49)18(43)30(56)57,7-25(50)13(38)3(14(39)26(7)51)19(44)31(58)59)8-27(52)15(40)4(16(41)28(8)53)20(45)32(60)61;1-5-9-17(34)25(42)13(26(43)18(9)35)33(14-27(44)19(36)10(6-2)20(37)28(14)45,15-29(46)21(38)11(7-3)22(39)30(15)47)16-31(48)23(40)12(8-4)24(41)32(16)49;1-3-13-5-7-14(8-6-13)22-16-19(25)17(23)15(18(24)20(16)26)9-27-10-21(4-2)11-28-12-21/h;5-8H,1-4H2;3,5-8H,1,4,9-12,22H2,2H3/q3*-1. The largest absolute Gasteiger partial charge is 0.380 e. The number of benzene rings is 10. The van der Waals surface area contributed by atoms with Crippen LogP contribution in [0.1, 0.15) is 69.0 Å². The van der Waals surface area contributed by atoms with Crippen molar-refractivity contribution in [3.05, 3.63) is 347 Å². The van der Waals surface area contributed by atoms with Crippen molar-refractivity contribution in [2.45, 2.75) is 20.0 Å². The van der Waals surface area contributed by atoms with Crippen LogP contribution in [0.4, 0.5) is 211 Å². The van der Waals surface area contributed by atoms with E-state index in [1.807, 2.05) is 6.92 Å². The molecule has 1 aliphatic rings. The van der Waals surface area contributed by atoms with Gasteiger partial charge in [-0.2, -0.15) is 35.1 Å². The molecule has 1 fully saturated rings. The first kappa shape index (κ1) is 108. The third-order valence-electron chi connectivity index (χ3n) is 22.0. The van der Waals surface area contributed by atoms with Crippen molar-refractivity contribution in [1.82, 2.24) is 0 Å². The van der Waals surface area contributed by atoms with Crippen molar-refractivity contribution in [1.29, 1.82) is 0 Å². The molecule has 1 heterocycles. The summed E-state index contributed by atoms with van der Waals surface area (Å²) in [5.74, 6) is -134. The first-order valence-electron chi connectivity index (χ1n) is 36.8. The molecule has 0 unspecified atom stereocenters. The number of halogens is 48. The predicted octanol–water partition coefficient (Wildman–Crippen LogP) is 22.2. The molecule has 0 spiro atoms. The molecule has 10 aromatic rings. The maximum atomic E-state index is 16.2. The van der Waals surface area contributed by atoms with Gasteiger partial charge in [-0.15, -0.1) is 49.2 Å². The lowest BCUT2D eigenvalue weighted by molar-refractivity contribution is -0.152. The lowest BCUT2D eigenvalue weighted by Gasteiger charge is -2.45. The highest BCUT2D eigenvalue weighted by Gasteiger charge is 2.56. The molecule has 10 aromatic carbocycles. The van der Waals surface area contributed by atoms with Crippen LogP contribution in [0.5, 0.6) is 0 Å². The van der Waals surface area contributed by atoms with Gasteiger partial charge in [-0.1, -0.05) is 94.5 Å². The molecule has 2 nitrogen and oxygen atoms in total. The predicted molar refractivity (Wildman–Crippen MR) is 404 cm³/mol. The van der Waals surface area contributed by atoms with E-state index in [0.29, 0.717) is 18.7 Å². The van der Waals surface area contributed by atoms with E-state index in [2.05, 4.69) is 32.9 Å². The summed E-state index contributed by atoms with van der Waals surface area (Å²) < 4.78 is 734. The first-order chi connectivity index (χ1) is 64.2. The number of ether oxygens (including phenoxy) is 2. The van der Waals surface area contributed by atoms with Crippen LogP contribution >= 0.6 is 0 Å². The van der Waals surface area contributed by atoms with Gasteiger partial charge in [-0.05, 0) is 12.0 Å². The molecule has 0 aliphatic carbocycles. The van der Waals surface area contributed by atoms with Crippen molar-refractivity contribution in [3.8, 4) is 0 Å². The molecular formula is C85H34B3F48O2-3. The van der Waals surface area contributed by atoms with E-state index in [4.69, 9.17) is 9.47 Å². The Balaban J connectivity index is 0.000000246. The zero-order valence-corrected chi connectivity index (χ0v) is 66.9. The Morgan fingerprint density at radius 1 is 0.283 bits per heavy atom. The number of hydrogen-bond donors (Lipinski definition) is 0. The molecule has 0 amide bonds. The minimum Gasteiger partial charge on any atom is -0.380 e. The van der Waals surface area contributed by atoms with Crippen LogP contribution in [0.15, 0.2) is 81.5 Å². The molecule has 1 aliphatic heterocycles. The zero-order chi connectivity index (χ0) is 104. The third-order valence-corrected chi connectivity index (χ3v) is 22.0. The summed E-state index contributed by atoms with van der Waals surface area (Å²) in [7, 11) is -1.59. The van der Waals surface area contributed by atoms with Gasteiger partial charge >= 0.3 is 24.3 Å². The highest BCUT2D eigenvalue weighted by atomic mass is 19.3. The van der Waals surface area contributed by atoms with E-state index in [1.54, 1.807) is 30.3 Å². The van der Waals surface area contributed by atoms with Crippen molar-refractivity contribution in [2.24, 2.45) is 5.41 Å². The van der Waals surface area contributed by atoms with Gasteiger partial charge in [0.15, 0.2) is 105 Å². The van der Waals surface area contributed by atoms with Gasteiger partial charge in [0, 0.05) is 12.7 Å². The van der Waals surface area contributed by atoms with Crippen LogP contribution in [0, 0.1) is 215 Å². The molecule has 0 atom stereocenters. The third kappa shape index (κ3) is 17.2. The summed E-state index contributed by atoms with van der Waals surface area (Å²) in [6, 6.07) is 6.86. The summed E-state index contributed by atoms with van der Waals surface area (Å²) in [4.78, 5) is 0. The number of hydrogen-bond acceptors (Lipinski definition) is 2. The average molecular weight is 2030 g/mol. The van der Waals surface area contributed by atoms with Crippen LogP contribution in [0.2, 0.25) is 0 Å². The number of rotatable bonds is 24. The molecule has 0 saturated carbocycles. The van der Waals surface area contributed by atoms with Crippen LogP contribution in [0.25, 0.3) is 53.7 Å². The smallest absolute Gasteiger partial charge is 0.306 e. The van der Waals surface area contributed by atoms with Gasteiger partial charge < -0.3 is 9.47 Å². The highest BCUT2D eigenvalue weighted by molar-refractivity contribution is 7.21. The summed E-state index contributed by atoms with van der Waals surface area (Å²) >= 11 is 0. The van der Waals surface area contributed by atoms with Gasteiger partial charge in [0.1, 0.15) is 117 Å². The second-order valence-electron chi connectivity index (χ2n) is 28.9. The van der Waals surface area contributed by atoms with E-state index in [0.717, 1.165) is 12.0 Å². The molecular weight excluding hydrogens is 2000 g/mol. The SMILES string of the molecule is C=Cc1c(F)c(F)c([B-](c2c(F)c(F)c(C=C)c(F)c2F)(c2c(F)c(F)c(C=C)c(F)c2F)c2c(F)c(F)c(C=C)c(F)c2F)c(F)c1F.C=Cc1ccc([BH2-]c2c(F)c(F)c(COCC3(CC)COC3)c(F)c2F)cc1.FC(F)=C(F)c1c(F)c(F)c([B-](c2c(F)c(F)c(C(F)=C(F)F)c(F)c2F)(c2c(F)c(F)c(C(F)=C(F)F)c(F)c2F)c2c(F)c(F)c(C(F)=C(F)F)c(F)c2F)c(F)c1F. The fourth-order valence-electron chi connectivity index (χ4n) is 15.3. The van der Waals surface area contributed by atoms with E-state index in [9.17, 15) is 70.2 Å². The molecule has 138 heavy (non-hydrogen) atoms. The Labute approximate surface area is 737 Å². The Morgan fingerprint density at radius 2 is 0.478 bits per heavy atom. The summed E-state index contributed by atoms with van der Waals surface area (Å²) in [5.41, 5.74) is -50.1. The van der Waals surface area contributed by atoms with E-state index in [-0.39, 0.29) is 36.3 Å². The minimum atomic E-state index is -8.01. The van der Waals surface area contributed by atoms with Crippen molar-refractivity contribution >= 4 is 128 Å². The van der Waals surface area contributed by atoms with Crippen molar-refractivity contribution in [2.75, 3.05) is 19.8 Å². The Kier molecular flexibility index (Phi) is 32.0. The summed E-state index contributed by atoms with van der Waals surface area (Å²) in [6.45, 7) is 17.6. The molecule has 0 bridgehead atoms.